The van der Waals surface area contributed by atoms with Crippen LogP contribution in [0.1, 0.15) is 30.1 Å². The molecule has 0 saturated carbocycles. The number of hydrogen-bond acceptors (Lipinski definition) is 4. The molecule has 110 valence electrons. The Hall–Kier alpha value is -1.75. The Kier molecular flexibility index (Phi) is 4.49. The quantitative estimate of drug-likeness (QED) is 0.822. The molecule has 2 rings (SSSR count). The summed E-state index contributed by atoms with van der Waals surface area (Å²) in [6, 6.07) is 5.11. The number of nitrogens with two attached hydrogens (primary N) is 1. The summed E-state index contributed by atoms with van der Waals surface area (Å²) in [5, 5.41) is 9.59. The van der Waals surface area contributed by atoms with Gasteiger partial charge in [0.15, 0.2) is 0 Å². The van der Waals surface area contributed by atoms with Crippen LogP contribution in [0, 0.1) is 5.92 Å². The van der Waals surface area contributed by atoms with Crippen LogP contribution >= 0.6 is 0 Å². The third-order valence-corrected chi connectivity index (χ3v) is 4.00. The molecule has 1 fully saturated rings. The lowest BCUT2D eigenvalue weighted by Crippen LogP contribution is -2.41. The van der Waals surface area contributed by atoms with Gasteiger partial charge in [-0.2, -0.15) is 0 Å². The third-order valence-electron chi connectivity index (χ3n) is 4.00. The maximum absolute atomic E-state index is 12.5. The second-order valence-electron chi connectivity index (χ2n) is 5.32. The molecular weight excluding hydrogens is 256 g/mol. The van der Waals surface area contributed by atoms with Crippen molar-refractivity contribution in [2.24, 2.45) is 5.92 Å². The number of hydrogen-bond donors (Lipinski definition) is 2. The van der Waals surface area contributed by atoms with Gasteiger partial charge in [0.1, 0.15) is 5.75 Å². The van der Waals surface area contributed by atoms with Crippen molar-refractivity contribution in [3.05, 3.63) is 23.8 Å². The van der Waals surface area contributed by atoms with E-state index in [-0.39, 0.29) is 17.9 Å². The fourth-order valence-electron chi connectivity index (χ4n) is 2.60. The Morgan fingerprint density at radius 2 is 2.10 bits per heavy atom. The van der Waals surface area contributed by atoms with Gasteiger partial charge in [0.25, 0.3) is 5.91 Å². The highest BCUT2D eigenvalue weighted by Gasteiger charge is 2.27. The normalized spacial score (nSPS) is 17.9. The molecule has 1 aliphatic heterocycles. The number of carbonyl (C=O) groups is 1. The van der Waals surface area contributed by atoms with Crippen LogP contribution in [0.2, 0.25) is 0 Å². The smallest absolute Gasteiger partial charge is 0.256 e. The van der Waals surface area contributed by atoms with Gasteiger partial charge in [0.2, 0.25) is 0 Å². The number of likely N-dealkylation sites (tertiary alicyclic amines) is 1. The minimum absolute atomic E-state index is 0.0644. The van der Waals surface area contributed by atoms with Crippen molar-refractivity contribution in [1.29, 1.82) is 0 Å². The molecule has 1 aliphatic rings. The fraction of sp³-hybridized carbons (Fsp3) is 0.533. The molecule has 20 heavy (non-hydrogen) atoms. The topological polar surface area (TPSA) is 75.8 Å². The highest BCUT2D eigenvalue weighted by Crippen LogP contribution is 2.25. The molecule has 3 N–H and O–H groups in total. The Balaban J connectivity index is 2.09. The number of amides is 1. The third kappa shape index (κ3) is 3.04. The van der Waals surface area contributed by atoms with Crippen LogP contribution < -0.4 is 10.5 Å². The molecule has 0 spiro atoms. The number of ether oxygens (including phenoxy) is 1. The Morgan fingerprint density at radius 3 is 2.65 bits per heavy atom. The van der Waals surface area contributed by atoms with Crippen molar-refractivity contribution < 1.29 is 14.6 Å². The molecule has 5 heteroatoms. The van der Waals surface area contributed by atoms with E-state index in [4.69, 9.17) is 10.5 Å². The van der Waals surface area contributed by atoms with Gasteiger partial charge < -0.3 is 20.5 Å². The standard InChI is InChI=1S/C15H22N2O3/c1-10(18)11-5-7-17(8-6-11)15(19)13-9-12(20-2)3-4-14(13)16/h3-4,9-11,18H,5-8,16H2,1-2H3. The van der Waals surface area contributed by atoms with Crippen LogP contribution in [0.3, 0.4) is 0 Å². The van der Waals surface area contributed by atoms with Gasteiger partial charge in [-0.15, -0.1) is 0 Å². The van der Waals surface area contributed by atoms with Gasteiger partial charge in [-0.25, -0.2) is 0 Å². The minimum Gasteiger partial charge on any atom is -0.497 e. The molecule has 1 aromatic rings. The molecule has 1 heterocycles. The van der Waals surface area contributed by atoms with E-state index in [2.05, 4.69) is 0 Å². The molecule has 1 saturated heterocycles. The van der Waals surface area contributed by atoms with E-state index in [1.807, 2.05) is 6.92 Å². The molecule has 0 aliphatic carbocycles. The number of rotatable bonds is 3. The van der Waals surface area contributed by atoms with E-state index < -0.39 is 0 Å². The van der Waals surface area contributed by atoms with Gasteiger partial charge >= 0.3 is 0 Å². The van der Waals surface area contributed by atoms with Crippen molar-refractivity contribution in [3.63, 3.8) is 0 Å². The monoisotopic (exact) mass is 278 g/mol. The van der Waals surface area contributed by atoms with E-state index in [0.29, 0.717) is 30.1 Å². The molecule has 1 atom stereocenters. The predicted octanol–water partition coefficient (Wildman–Crippen LogP) is 1.51. The van der Waals surface area contributed by atoms with Crippen LogP contribution in [-0.2, 0) is 0 Å². The first-order valence-electron chi connectivity index (χ1n) is 6.93. The number of nitrogens with zero attached hydrogens (tertiary/aromatic N) is 1. The zero-order valence-corrected chi connectivity index (χ0v) is 12.0. The molecule has 1 aromatic carbocycles. The van der Waals surface area contributed by atoms with E-state index in [9.17, 15) is 9.90 Å². The summed E-state index contributed by atoms with van der Waals surface area (Å²) in [4.78, 5) is 14.3. The van der Waals surface area contributed by atoms with Gasteiger partial charge in [-0.05, 0) is 43.9 Å². The van der Waals surface area contributed by atoms with Crippen molar-refractivity contribution in [1.82, 2.24) is 4.90 Å². The van der Waals surface area contributed by atoms with E-state index in [1.54, 1.807) is 30.2 Å². The van der Waals surface area contributed by atoms with E-state index in [0.717, 1.165) is 12.8 Å². The summed E-state index contributed by atoms with van der Waals surface area (Å²) >= 11 is 0. The lowest BCUT2D eigenvalue weighted by atomic mass is 9.92. The summed E-state index contributed by atoms with van der Waals surface area (Å²) in [6.45, 7) is 3.12. The molecule has 0 aromatic heterocycles. The van der Waals surface area contributed by atoms with Gasteiger partial charge in [0, 0.05) is 18.8 Å². The van der Waals surface area contributed by atoms with Gasteiger partial charge in [-0.1, -0.05) is 0 Å². The summed E-state index contributed by atoms with van der Waals surface area (Å²) in [5.74, 6) is 0.841. The van der Waals surface area contributed by atoms with E-state index >= 15 is 0 Å². The lowest BCUT2D eigenvalue weighted by Gasteiger charge is -2.33. The maximum Gasteiger partial charge on any atom is 0.256 e. The van der Waals surface area contributed by atoms with Crippen molar-refractivity contribution >= 4 is 11.6 Å². The number of aliphatic hydroxyl groups excluding tert-OH is 1. The van der Waals surface area contributed by atoms with E-state index in [1.165, 1.54) is 0 Å². The second kappa shape index (κ2) is 6.13. The molecule has 0 bridgehead atoms. The molecule has 0 radical (unpaired) electrons. The second-order valence-corrected chi connectivity index (χ2v) is 5.32. The van der Waals surface area contributed by atoms with Crippen LogP contribution in [-0.4, -0.2) is 42.2 Å². The summed E-state index contributed by atoms with van der Waals surface area (Å²) in [6.07, 6.45) is 1.34. The predicted molar refractivity (Wildman–Crippen MR) is 77.7 cm³/mol. The largest absolute Gasteiger partial charge is 0.497 e. The average molecular weight is 278 g/mol. The molecule has 5 nitrogen and oxygen atoms in total. The summed E-state index contributed by atoms with van der Waals surface area (Å²) in [7, 11) is 1.56. The number of piperidine rings is 1. The summed E-state index contributed by atoms with van der Waals surface area (Å²) < 4.78 is 5.14. The zero-order valence-electron chi connectivity index (χ0n) is 12.0. The first-order chi connectivity index (χ1) is 9.52. The van der Waals surface area contributed by atoms with Gasteiger partial charge in [-0.3, -0.25) is 4.79 Å². The van der Waals surface area contributed by atoms with Crippen LogP contribution in [0.4, 0.5) is 5.69 Å². The molecular formula is C15H22N2O3. The van der Waals surface area contributed by atoms with Crippen molar-refractivity contribution in [2.75, 3.05) is 25.9 Å². The Bertz CT molecular complexity index is 480. The number of aliphatic hydroxyl groups is 1. The SMILES string of the molecule is COc1ccc(N)c(C(=O)N2CCC(C(C)O)CC2)c1. The van der Waals surface area contributed by atoms with Crippen LogP contribution in [0.15, 0.2) is 18.2 Å². The number of nitrogen functional groups attached to an aromatic ring is 1. The van der Waals surface area contributed by atoms with Crippen molar-refractivity contribution in [3.8, 4) is 5.75 Å². The number of methoxy groups -OCH3 is 1. The Labute approximate surface area is 119 Å². The first kappa shape index (κ1) is 14.7. The van der Waals surface area contributed by atoms with Crippen LogP contribution in [0.25, 0.3) is 0 Å². The summed E-state index contributed by atoms with van der Waals surface area (Å²) in [5.41, 5.74) is 6.84. The fourth-order valence-corrected chi connectivity index (χ4v) is 2.60. The Morgan fingerprint density at radius 1 is 1.45 bits per heavy atom. The molecule has 1 amide bonds. The lowest BCUT2D eigenvalue weighted by molar-refractivity contribution is 0.0522. The number of carbonyl (C=O) groups excluding carboxylic acids is 1. The number of benzene rings is 1. The number of anilines is 1. The highest BCUT2D eigenvalue weighted by molar-refractivity contribution is 5.99. The molecule has 1 unspecified atom stereocenters. The van der Waals surface area contributed by atoms with Crippen molar-refractivity contribution in [2.45, 2.75) is 25.9 Å². The van der Waals surface area contributed by atoms with Gasteiger partial charge in [0.05, 0.1) is 18.8 Å². The average Bonchev–Trinajstić information content (AvgIpc) is 2.47. The maximum atomic E-state index is 12.5. The highest BCUT2D eigenvalue weighted by atomic mass is 16.5. The minimum atomic E-state index is -0.311. The zero-order chi connectivity index (χ0) is 14.7. The first-order valence-corrected chi connectivity index (χ1v) is 6.93. The van der Waals surface area contributed by atoms with Crippen LogP contribution in [0.5, 0.6) is 5.75 Å².